The van der Waals surface area contributed by atoms with E-state index in [1.54, 1.807) is 0 Å². The van der Waals surface area contributed by atoms with Crippen LogP contribution in [0.4, 0.5) is 10.3 Å². The molecule has 0 aliphatic rings. The predicted molar refractivity (Wildman–Crippen MR) is 61.4 cm³/mol. The highest BCUT2D eigenvalue weighted by molar-refractivity contribution is 6.30. The number of hydrogen-bond donors (Lipinski definition) is 1. The number of carbonyl (C=O) groups is 1. The lowest BCUT2D eigenvalue weighted by Gasteiger charge is -2.03. The van der Waals surface area contributed by atoms with Gasteiger partial charge in [-0.3, -0.25) is 10.1 Å². The number of aromatic nitrogens is 2. The van der Waals surface area contributed by atoms with Gasteiger partial charge < -0.3 is 0 Å². The maximum atomic E-state index is 12.9. The van der Waals surface area contributed by atoms with E-state index >= 15 is 0 Å². The molecule has 17 heavy (non-hydrogen) atoms. The van der Waals surface area contributed by atoms with Crippen LogP contribution in [0.3, 0.4) is 0 Å². The second-order valence-corrected chi connectivity index (χ2v) is 3.63. The molecule has 1 heterocycles. The Labute approximate surface area is 101 Å². The van der Waals surface area contributed by atoms with Crippen molar-refractivity contribution in [3.05, 3.63) is 53.1 Å². The first-order valence-corrected chi connectivity index (χ1v) is 5.07. The van der Waals surface area contributed by atoms with E-state index in [1.165, 1.54) is 30.6 Å². The molecule has 2 rings (SSSR count). The normalized spacial score (nSPS) is 10.0. The van der Waals surface area contributed by atoms with Crippen LogP contribution in [0.15, 0.2) is 36.7 Å². The van der Waals surface area contributed by atoms with Crippen LogP contribution < -0.4 is 5.32 Å². The monoisotopic (exact) mass is 251 g/mol. The Kier molecular flexibility index (Phi) is 3.30. The first-order chi connectivity index (χ1) is 8.15. The van der Waals surface area contributed by atoms with Crippen molar-refractivity contribution in [1.29, 1.82) is 0 Å². The van der Waals surface area contributed by atoms with E-state index in [1.807, 2.05) is 0 Å². The Morgan fingerprint density at radius 2 is 2.00 bits per heavy atom. The van der Waals surface area contributed by atoms with E-state index in [0.29, 0.717) is 5.02 Å². The minimum Gasteiger partial charge on any atom is -0.290 e. The number of carbonyl (C=O) groups excluding carboxylic acids is 1. The molecular weight excluding hydrogens is 245 g/mol. The molecule has 1 aromatic heterocycles. The van der Waals surface area contributed by atoms with Crippen molar-refractivity contribution in [2.24, 2.45) is 0 Å². The van der Waals surface area contributed by atoms with Crippen molar-refractivity contribution in [2.75, 3.05) is 5.32 Å². The topological polar surface area (TPSA) is 54.9 Å². The van der Waals surface area contributed by atoms with Gasteiger partial charge in [0, 0.05) is 5.56 Å². The SMILES string of the molecule is O=C(Nc1ncc(Cl)cn1)c1cccc(F)c1. The van der Waals surface area contributed by atoms with Gasteiger partial charge in [0.1, 0.15) is 5.82 Å². The van der Waals surface area contributed by atoms with Crippen LogP contribution >= 0.6 is 11.6 Å². The van der Waals surface area contributed by atoms with Gasteiger partial charge >= 0.3 is 0 Å². The fraction of sp³-hybridized carbons (Fsp3) is 0. The number of halogens is 2. The smallest absolute Gasteiger partial charge is 0.258 e. The summed E-state index contributed by atoms with van der Waals surface area (Å²) in [5.41, 5.74) is 0.198. The summed E-state index contributed by atoms with van der Waals surface area (Å²) in [5.74, 6) is -0.842. The Bertz CT molecular complexity index is 545. The van der Waals surface area contributed by atoms with Crippen molar-refractivity contribution < 1.29 is 9.18 Å². The standard InChI is InChI=1S/C11H7ClFN3O/c12-8-5-14-11(15-6-8)16-10(17)7-2-1-3-9(13)4-7/h1-6H,(H,14,15,16,17). The molecular formula is C11H7ClFN3O. The molecule has 0 spiro atoms. The van der Waals surface area contributed by atoms with Gasteiger partial charge in [0.15, 0.2) is 0 Å². The van der Waals surface area contributed by atoms with Crippen molar-refractivity contribution in [3.63, 3.8) is 0 Å². The molecule has 6 heteroatoms. The molecule has 0 aliphatic carbocycles. The minimum atomic E-state index is -0.480. The summed E-state index contributed by atoms with van der Waals surface area (Å²) < 4.78 is 12.9. The molecule has 0 saturated heterocycles. The summed E-state index contributed by atoms with van der Waals surface area (Å²) in [4.78, 5) is 19.3. The first-order valence-electron chi connectivity index (χ1n) is 4.69. The number of hydrogen-bond acceptors (Lipinski definition) is 3. The summed E-state index contributed by atoms with van der Waals surface area (Å²) >= 11 is 5.60. The van der Waals surface area contributed by atoms with Crippen LogP contribution in [0, 0.1) is 5.82 Å². The van der Waals surface area contributed by atoms with Crippen molar-refractivity contribution in [3.8, 4) is 0 Å². The lowest BCUT2D eigenvalue weighted by atomic mass is 10.2. The van der Waals surface area contributed by atoms with Crippen LogP contribution in [0.1, 0.15) is 10.4 Å². The average Bonchev–Trinajstić information content (AvgIpc) is 2.32. The molecule has 86 valence electrons. The van der Waals surface area contributed by atoms with Gasteiger partial charge in [0.25, 0.3) is 5.91 Å². The van der Waals surface area contributed by atoms with Gasteiger partial charge in [-0.05, 0) is 18.2 Å². The highest BCUT2D eigenvalue weighted by Gasteiger charge is 2.08. The zero-order valence-corrected chi connectivity index (χ0v) is 9.28. The van der Waals surface area contributed by atoms with Crippen LogP contribution in [0.2, 0.25) is 5.02 Å². The van der Waals surface area contributed by atoms with E-state index in [0.717, 1.165) is 6.07 Å². The van der Waals surface area contributed by atoms with Gasteiger partial charge in [0.05, 0.1) is 17.4 Å². The van der Waals surface area contributed by atoms with E-state index < -0.39 is 11.7 Å². The van der Waals surface area contributed by atoms with Gasteiger partial charge in [-0.2, -0.15) is 0 Å². The molecule has 0 saturated carbocycles. The number of benzene rings is 1. The second-order valence-electron chi connectivity index (χ2n) is 3.19. The Morgan fingerprint density at radius 1 is 1.29 bits per heavy atom. The highest BCUT2D eigenvalue weighted by Crippen LogP contribution is 2.08. The Balaban J connectivity index is 2.14. The van der Waals surface area contributed by atoms with Gasteiger partial charge in [-0.25, -0.2) is 14.4 Å². The summed E-state index contributed by atoms with van der Waals surface area (Å²) in [6.45, 7) is 0. The van der Waals surface area contributed by atoms with E-state index in [-0.39, 0.29) is 11.5 Å². The predicted octanol–water partition coefficient (Wildman–Crippen LogP) is 2.52. The molecule has 0 fully saturated rings. The Hall–Kier alpha value is -2.01. The number of amides is 1. The first kappa shape index (κ1) is 11.5. The zero-order valence-electron chi connectivity index (χ0n) is 8.52. The molecule has 1 N–H and O–H groups in total. The molecule has 0 unspecified atom stereocenters. The Morgan fingerprint density at radius 3 is 2.65 bits per heavy atom. The highest BCUT2D eigenvalue weighted by atomic mass is 35.5. The van der Waals surface area contributed by atoms with Crippen LogP contribution in [0.25, 0.3) is 0 Å². The maximum absolute atomic E-state index is 12.9. The van der Waals surface area contributed by atoms with Gasteiger partial charge in [-0.15, -0.1) is 0 Å². The fourth-order valence-corrected chi connectivity index (χ4v) is 1.28. The van der Waals surface area contributed by atoms with Gasteiger partial charge in [0.2, 0.25) is 5.95 Å². The lowest BCUT2D eigenvalue weighted by molar-refractivity contribution is 0.102. The van der Waals surface area contributed by atoms with Crippen LogP contribution in [-0.4, -0.2) is 15.9 Å². The molecule has 0 atom stereocenters. The van der Waals surface area contributed by atoms with E-state index in [2.05, 4.69) is 15.3 Å². The number of nitrogens with one attached hydrogen (secondary N) is 1. The number of rotatable bonds is 2. The molecule has 0 bridgehead atoms. The summed E-state index contributed by atoms with van der Waals surface area (Å²) in [5, 5.41) is 2.80. The van der Waals surface area contributed by atoms with Crippen LogP contribution in [-0.2, 0) is 0 Å². The summed E-state index contributed by atoms with van der Waals surface area (Å²) in [6.07, 6.45) is 2.71. The molecule has 1 aromatic carbocycles. The van der Waals surface area contributed by atoms with Crippen LogP contribution in [0.5, 0.6) is 0 Å². The lowest BCUT2D eigenvalue weighted by Crippen LogP contribution is -2.14. The van der Waals surface area contributed by atoms with Crippen molar-refractivity contribution in [1.82, 2.24) is 9.97 Å². The van der Waals surface area contributed by atoms with Crippen molar-refractivity contribution in [2.45, 2.75) is 0 Å². The number of anilines is 1. The number of nitrogens with zero attached hydrogens (tertiary/aromatic N) is 2. The molecule has 4 nitrogen and oxygen atoms in total. The molecule has 1 amide bonds. The zero-order chi connectivity index (χ0) is 12.3. The molecule has 0 aliphatic heterocycles. The third kappa shape index (κ3) is 2.98. The van der Waals surface area contributed by atoms with E-state index in [4.69, 9.17) is 11.6 Å². The second kappa shape index (κ2) is 4.88. The van der Waals surface area contributed by atoms with E-state index in [9.17, 15) is 9.18 Å². The molecule has 2 aromatic rings. The quantitative estimate of drug-likeness (QED) is 0.892. The minimum absolute atomic E-state index is 0.115. The molecule has 0 radical (unpaired) electrons. The summed E-state index contributed by atoms with van der Waals surface area (Å²) in [6, 6.07) is 5.34. The van der Waals surface area contributed by atoms with Gasteiger partial charge in [-0.1, -0.05) is 17.7 Å². The fourth-order valence-electron chi connectivity index (χ4n) is 1.18. The largest absolute Gasteiger partial charge is 0.290 e. The third-order valence-corrected chi connectivity index (χ3v) is 2.13. The maximum Gasteiger partial charge on any atom is 0.258 e. The third-order valence-electron chi connectivity index (χ3n) is 1.93. The van der Waals surface area contributed by atoms with Crippen molar-refractivity contribution >= 4 is 23.5 Å². The summed E-state index contributed by atoms with van der Waals surface area (Å²) in [7, 11) is 0. The average molecular weight is 252 g/mol.